The van der Waals surface area contributed by atoms with Crippen molar-refractivity contribution in [3.63, 3.8) is 0 Å². The lowest BCUT2D eigenvalue weighted by atomic mass is 9.84. The minimum atomic E-state index is -0.523. The fourth-order valence-corrected chi connectivity index (χ4v) is 5.08. The first-order valence-corrected chi connectivity index (χ1v) is 11.1. The Kier molecular flexibility index (Phi) is 6.28. The van der Waals surface area contributed by atoms with Crippen molar-refractivity contribution in [2.24, 2.45) is 11.7 Å². The molecule has 2 fully saturated rings. The number of benzene rings is 2. The zero-order valence-corrected chi connectivity index (χ0v) is 18.0. The molecule has 3 amide bonds. The van der Waals surface area contributed by atoms with E-state index in [0.717, 1.165) is 31.2 Å². The van der Waals surface area contributed by atoms with E-state index in [1.807, 2.05) is 0 Å². The maximum Gasteiger partial charge on any atom is 0.254 e. The van der Waals surface area contributed by atoms with E-state index in [0.29, 0.717) is 28.6 Å². The number of hydrogen-bond donors (Lipinski definition) is 2. The Morgan fingerprint density at radius 3 is 2.52 bits per heavy atom. The molecular formula is C24H26ClN3O3. The summed E-state index contributed by atoms with van der Waals surface area (Å²) in [5.41, 5.74) is 7.15. The number of nitrogens with zero attached hydrogens (tertiary/aromatic N) is 1. The van der Waals surface area contributed by atoms with Crippen LogP contribution in [0.3, 0.4) is 0 Å². The summed E-state index contributed by atoms with van der Waals surface area (Å²) in [5, 5.41) is 3.45. The summed E-state index contributed by atoms with van der Waals surface area (Å²) >= 11 is 6.10. The monoisotopic (exact) mass is 439 g/mol. The Labute approximate surface area is 186 Å². The predicted molar refractivity (Wildman–Crippen MR) is 120 cm³/mol. The highest BCUT2D eigenvalue weighted by molar-refractivity contribution is 6.31. The fraction of sp³-hybridized carbons (Fsp3) is 0.375. The van der Waals surface area contributed by atoms with Crippen LogP contribution in [0, 0.1) is 5.92 Å². The van der Waals surface area contributed by atoms with E-state index in [2.05, 4.69) is 5.32 Å². The van der Waals surface area contributed by atoms with Gasteiger partial charge in [0.2, 0.25) is 11.8 Å². The van der Waals surface area contributed by atoms with Gasteiger partial charge in [-0.2, -0.15) is 0 Å². The number of hydrogen-bond acceptors (Lipinski definition) is 3. The minimum absolute atomic E-state index is 0.0777. The van der Waals surface area contributed by atoms with Crippen molar-refractivity contribution in [3.05, 3.63) is 64.7 Å². The highest BCUT2D eigenvalue weighted by Gasteiger charge is 2.47. The normalized spacial score (nSPS) is 22.6. The van der Waals surface area contributed by atoms with E-state index >= 15 is 0 Å². The Morgan fingerprint density at radius 2 is 1.81 bits per heavy atom. The highest BCUT2D eigenvalue weighted by Crippen LogP contribution is 2.41. The lowest BCUT2D eigenvalue weighted by Gasteiger charge is -2.33. The lowest BCUT2D eigenvalue weighted by Crippen LogP contribution is -2.47. The van der Waals surface area contributed by atoms with Crippen molar-refractivity contribution in [1.29, 1.82) is 0 Å². The molecule has 3 unspecified atom stereocenters. The molecule has 162 valence electrons. The molecule has 4 rings (SSSR count). The second-order valence-corrected chi connectivity index (χ2v) is 8.85. The number of likely N-dealkylation sites (tertiary alicyclic amines) is 1. The van der Waals surface area contributed by atoms with E-state index in [1.54, 1.807) is 53.4 Å². The summed E-state index contributed by atoms with van der Waals surface area (Å²) in [5.74, 6) is -0.396. The van der Waals surface area contributed by atoms with Gasteiger partial charge in [0.15, 0.2) is 0 Å². The number of fused-ring (bicyclic) bond motifs is 1. The van der Waals surface area contributed by atoms with Crippen molar-refractivity contribution in [2.45, 2.75) is 50.6 Å². The predicted octanol–water partition coefficient (Wildman–Crippen LogP) is 3.78. The standard InChI is InChI=1S/C24H26ClN3O3/c25-18-6-3-5-17(13-18)24(31)28-20-7-2-1-4-16(20)14-21(28)23(30)27-19-10-8-15(9-11-19)12-22(26)29/h3,5-6,8-11,13,16,20-21H,1-2,4,7,12,14H2,(H2,26,29)(H,27,30). The second-order valence-electron chi connectivity index (χ2n) is 8.42. The summed E-state index contributed by atoms with van der Waals surface area (Å²) in [6.45, 7) is 0. The van der Waals surface area contributed by atoms with Crippen LogP contribution in [0.4, 0.5) is 5.69 Å². The molecule has 2 aromatic rings. The van der Waals surface area contributed by atoms with Crippen LogP contribution in [0.5, 0.6) is 0 Å². The van der Waals surface area contributed by atoms with Crippen molar-refractivity contribution in [3.8, 4) is 0 Å². The zero-order valence-electron chi connectivity index (χ0n) is 17.2. The smallest absolute Gasteiger partial charge is 0.254 e. The lowest BCUT2D eigenvalue weighted by molar-refractivity contribution is -0.120. The van der Waals surface area contributed by atoms with Gasteiger partial charge < -0.3 is 16.0 Å². The number of halogens is 1. The number of carbonyl (C=O) groups is 3. The third kappa shape index (κ3) is 4.74. The molecule has 1 saturated carbocycles. The Hall–Kier alpha value is -2.86. The Morgan fingerprint density at radius 1 is 1.06 bits per heavy atom. The number of carbonyl (C=O) groups excluding carboxylic acids is 3. The third-order valence-corrected chi connectivity index (χ3v) is 6.53. The first-order valence-electron chi connectivity index (χ1n) is 10.7. The average molecular weight is 440 g/mol. The molecule has 1 aliphatic carbocycles. The largest absolute Gasteiger partial charge is 0.369 e. The number of amides is 3. The van der Waals surface area contributed by atoms with Gasteiger partial charge in [0.05, 0.1) is 6.42 Å². The molecule has 2 aliphatic rings. The molecule has 0 aromatic heterocycles. The molecule has 0 bridgehead atoms. The number of nitrogens with one attached hydrogen (secondary N) is 1. The quantitative estimate of drug-likeness (QED) is 0.742. The molecule has 3 atom stereocenters. The molecule has 0 spiro atoms. The van der Waals surface area contributed by atoms with E-state index < -0.39 is 11.9 Å². The third-order valence-electron chi connectivity index (χ3n) is 6.30. The van der Waals surface area contributed by atoms with Gasteiger partial charge in [-0.15, -0.1) is 0 Å². The molecular weight excluding hydrogens is 414 g/mol. The second kappa shape index (κ2) is 9.10. The SMILES string of the molecule is NC(=O)Cc1ccc(NC(=O)C2CC3CCCCC3N2C(=O)c2cccc(Cl)c2)cc1. The maximum atomic E-state index is 13.4. The summed E-state index contributed by atoms with van der Waals surface area (Å²) in [6.07, 6.45) is 4.98. The van der Waals surface area contributed by atoms with Crippen molar-refractivity contribution in [1.82, 2.24) is 4.90 Å². The van der Waals surface area contributed by atoms with Crippen LogP contribution in [0.15, 0.2) is 48.5 Å². The van der Waals surface area contributed by atoms with Gasteiger partial charge in [-0.05, 0) is 61.1 Å². The molecule has 7 heteroatoms. The first-order chi connectivity index (χ1) is 14.9. The van der Waals surface area contributed by atoms with Crippen LogP contribution in [-0.2, 0) is 16.0 Å². The van der Waals surface area contributed by atoms with Crippen LogP contribution in [0.2, 0.25) is 5.02 Å². The van der Waals surface area contributed by atoms with Crippen LogP contribution in [0.1, 0.15) is 48.0 Å². The minimum Gasteiger partial charge on any atom is -0.369 e. The summed E-state index contributed by atoms with van der Waals surface area (Å²) in [4.78, 5) is 39.5. The first kappa shape index (κ1) is 21.4. The number of primary amides is 1. The number of nitrogens with two attached hydrogens (primary N) is 1. The average Bonchev–Trinajstić information content (AvgIpc) is 3.14. The molecule has 31 heavy (non-hydrogen) atoms. The molecule has 0 radical (unpaired) electrons. The zero-order chi connectivity index (χ0) is 22.0. The molecule has 6 nitrogen and oxygen atoms in total. The topological polar surface area (TPSA) is 92.5 Å². The highest BCUT2D eigenvalue weighted by atomic mass is 35.5. The maximum absolute atomic E-state index is 13.4. The number of rotatable bonds is 5. The number of anilines is 1. The van der Waals surface area contributed by atoms with Gasteiger partial charge in [-0.25, -0.2) is 0 Å². The van der Waals surface area contributed by atoms with Gasteiger partial charge in [0.1, 0.15) is 6.04 Å². The summed E-state index contributed by atoms with van der Waals surface area (Å²) < 4.78 is 0. The molecule has 1 aliphatic heterocycles. The van der Waals surface area contributed by atoms with Crippen molar-refractivity contribution in [2.75, 3.05) is 5.32 Å². The van der Waals surface area contributed by atoms with Gasteiger partial charge in [0.25, 0.3) is 5.91 Å². The molecule has 1 saturated heterocycles. The summed E-state index contributed by atoms with van der Waals surface area (Å²) in [6, 6.07) is 13.5. The van der Waals surface area contributed by atoms with Gasteiger partial charge in [-0.3, -0.25) is 14.4 Å². The van der Waals surface area contributed by atoms with Crippen LogP contribution in [0.25, 0.3) is 0 Å². The Bertz CT molecular complexity index is 992. The van der Waals surface area contributed by atoms with Crippen LogP contribution in [-0.4, -0.2) is 34.7 Å². The van der Waals surface area contributed by atoms with Crippen LogP contribution < -0.4 is 11.1 Å². The Balaban J connectivity index is 1.55. The van der Waals surface area contributed by atoms with Crippen molar-refractivity contribution < 1.29 is 14.4 Å². The van der Waals surface area contributed by atoms with E-state index in [9.17, 15) is 14.4 Å². The van der Waals surface area contributed by atoms with E-state index in [-0.39, 0.29) is 24.3 Å². The molecule has 3 N–H and O–H groups in total. The van der Waals surface area contributed by atoms with Crippen LogP contribution >= 0.6 is 11.6 Å². The van der Waals surface area contributed by atoms with E-state index in [4.69, 9.17) is 17.3 Å². The summed E-state index contributed by atoms with van der Waals surface area (Å²) in [7, 11) is 0. The van der Waals surface area contributed by atoms with E-state index in [1.165, 1.54) is 0 Å². The van der Waals surface area contributed by atoms with Gasteiger partial charge in [0, 0.05) is 22.3 Å². The van der Waals surface area contributed by atoms with Gasteiger partial charge in [-0.1, -0.05) is 42.6 Å². The van der Waals surface area contributed by atoms with Crippen molar-refractivity contribution >= 4 is 35.0 Å². The van der Waals surface area contributed by atoms with Gasteiger partial charge >= 0.3 is 0 Å². The fourth-order valence-electron chi connectivity index (χ4n) is 4.89. The molecule has 2 aromatic carbocycles. The molecule has 1 heterocycles.